The van der Waals surface area contributed by atoms with Crippen LogP contribution in [0.4, 0.5) is 0 Å². The Morgan fingerprint density at radius 2 is 1.67 bits per heavy atom. The van der Waals surface area contributed by atoms with E-state index in [-0.39, 0.29) is 16.9 Å². The number of hydrogen-bond donors (Lipinski definition) is 1. The fourth-order valence-corrected chi connectivity index (χ4v) is 3.90. The van der Waals surface area contributed by atoms with Gasteiger partial charge >= 0.3 is 0 Å². The Morgan fingerprint density at radius 1 is 1.10 bits per heavy atom. The predicted octanol–water partition coefficient (Wildman–Crippen LogP) is 3.32. The van der Waals surface area contributed by atoms with E-state index < -0.39 is 15.9 Å². The Labute approximate surface area is 129 Å². The first-order valence-electron chi connectivity index (χ1n) is 7.85. The van der Waals surface area contributed by atoms with Gasteiger partial charge in [-0.1, -0.05) is 51.1 Å². The van der Waals surface area contributed by atoms with Crippen LogP contribution >= 0.6 is 0 Å². The quantitative estimate of drug-likeness (QED) is 0.761. The van der Waals surface area contributed by atoms with Crippen LogP contribution in [0, 0.1) is 0 Å². The molecule has 0 aliphatic rings. The summed E-state index contributed by atoms with van der Waals surface area (Å²) in [5.74, 6) is 0.341. The SMILES string of the molecule is CCC(CC)(c1ccccc1)C(O)CCCS(=O)(=O)CC. The number of aliphatic hydroxyl groups is 1. The van der Waals surface area contributed by atoms with Crippen LogP contribution in [0.25, 0.3) is 0 Å². The zero-order chi connectivity index (χ0) is 15.9. The fraction of sp³-hybridized carbons (Fsp3) is 0.647. The van der Waals surface area contributed by atoms with Crippen LogP contribution in [-0.2, 0) is 15.3 Å². The van der Waals surface area contributed by atoms with Gasteiger partial charge in [0.05, 0.1) is 11.9 Å². The number of aliphatic hydroxyl groups excluding tert-OH is 1. The first kappa shape index (κ1) is 18.2. The van der Waals surface area contributed by atoms with E-state index in [9.17, 15) is 13.5 Å². The van der Waals surface area contributed by atoms with E-state index in [1.165, 1.54) is 0 Å². The van der Waals surface area contributed by atoms with Crippen molar-refractivity contribution in [2.75, 3.05) is 11.5 Å². The second kappa shape index (κ2) is 7.95. The molecule has 0 radical (unpaired) electrons. The molecular formula is C17H28O3S. The number of rotatable bonds is 9. The summed E-state index contributed by atoms with van der Waals surface area (Å²) >= 11 is 0. The lowest BCUT2D eigenvalue weighted by Crippen LogP contribution is -2.39. The lowest BCUT2D eigenvalue weighted by atomic mass is 9.70. The van der Waals surface area contributed by atoms with Crippen molar-refractivity contribution in [1.29, 1.82) is 0 Å². The van der Waals surface area contributed by atoms with Crippen molar-refractivity contribution in [3.05, 3.63) is 35.9 Å². The van der Waals surface area contributed by atoms with Gasteiger partial charge in [-0.05, 0) is 31.2 Å². The third kappa shape index (κ3) is 4.55. The van der Waals surface area contributed by atoms with Crippen molar-refractivity contribution < 1.29 is 13.5 Å². The van der Waals surface area contributed by atoms with E-state index in [1.54, 1.807) is 6.92 Å². The lowest BCUT2D eigenvalue weighted by Gasteiger charge is -2.37. The van der Waals surface area contributed by atoms with Gasteiger partial charge in [-0.3, -0.25) is 0 Å². The highest BCUT2D eigenvalue weighted by atomic mass is 32.2. The summed E-state index contributed by atoms with van der Waals surface area (Å²) in [6.45, 7) is 5.84. The molecule has 0 saturated heterocycles. The maximum absolute atomic E-state index is 11.6. The van der Waals surface area contributed by atoms with Crippen LogP contribution < -0.4 is 0 Å². The van der Waals surface area contributed by atoms with Gasteiger partial charge in [-0.25, -0.2) is 8.42 Å². The van der Waals surface area contributed by atoms with Gasteiger partial charge in [0.15, 0.2) is 0 Å². The molecule has 0 aromatic heterocycles. The Hall–Kier alpha value is -0.870. The van der Waals surface area contributed by atoms with Crippen LogP contribution in [0.2, 0.25) is 0 Å². The van der Waals surface area contributed by atoms with Crippen LogP contribution in [-0.4, -0.2) is 31.1 Å². The molecule has 120 valence electrons. The Morgan fingerprint density at radius 3 is 2.14 bits per heavy atom. The molecule has 0 spiro atoms. The molecule has 0 fully saturated rings. The molecule has 0 bridgehead atoms. The third-order valence-electron chi connectivity index (χ3n) is 4.62. The molecule has 1 unspecified atom stereocenters. The lowest BCUT2D eigenvalue weighted by molar-refractivity contribution is 0.0651. The molecule has 1 atom stereocenters. The molecule has 4 heteroatoms. The Kier molecular flexibility index (Phi) is 6.88. The van der Waals surface area contributed by atoms with Crippen LogP contribution in [0.3, 0.4) is 0 Å². The monoisotopic (exact) mass is 312 g/mol. The molecule has 1 rings (SSSR count). The summed E-state index contributed by atoms with van der Waals surface area (Å²) in [5.41, 5.74) is 0.859. The molecule has 0 saturated carbocycles. The molecule has 0 amide bonds. The number of hydrogen-bond acceptors (Lipinski definition) is 3. The van der Waals surface area contributed by atoms with Gasteiger partial charge < -0.3 is 5.11 Å². The van der Waals surface area contributed by atoms with E-state index in [1.807, 2.05) is 18.2 Å². The van der Waals surface area contributed by atoms with Crippen molar-refractivity contribution in [1.82, 2.24) is 0 Å². The van der Waals surface area contributed by atoms with E-state index in [4.69, 9.17) is 0 Å². The van der Waals surface area contributed by atoms with Crippen LogP contribution in [0.5, 0.6) is 0 Å². The third-order valence-corrected chi connectivity index (χ3v) is 6.41. The minimum atomic E-state index is -2.95. The van der Waals surface area contributed by atoms with E-state index in [0.29, 0.717) is 12.8 Å². The molecule has 21 heavy (non-hydrogen) atoms. The topological polar surface area (TPSA) is 54.4 Å². The van der Waals surface area contributed by atoms with Gasteiger partial charge in [0.1, 0.15) is 9.84 Å². The predicted molar refractivity (Wildman–Crippen MR) is 88.3 cm³/mol. The summed E-state index contributed by atoms with van der Waals surface area (Å²) in [6, 6.07) is 10.1. The molecule has 3 nitrogen and oxygen atoms in total. The molecule has 0 aliphatic carbocycles. The standard InChI is InChI=1S/C17H28O3S/c1-4-17(5-2,15-11-8-7-9-12-15)16(18)13-10-14-21(19,20)6-3/h7-9,11-12,16,18H,4-6,10,13-14H2,1-3H3. The van der Waals surface area contributed by atoms with Crippen molar-refractivity contribution in [2.45, 2.75) is 58.0 Å². The van der Waals surface area contributed by atoms with Crippen molar-refractivity contribution in [3.8, 4) is 0 Å². The van der Waals surface area contributed by atoms with Crippen molar-refractivity contribution in [2.24, 2.45) is 0 Å². The van der Waals surface area contributed by atoms with E-state index in [2.05, 4.69) is 26.0 Å². The maximum atomic E-state index is 11.6. The molecule has 0 aliphatic heterocycles. The van der Waals surface area contributed by atoms with Crippen molar-refractivity contribution in [3.63, 3.8) is 0 Å². The van der Waals surface area contributed by atoms with Crippen molar-refractivity contribution >= 4 is 9.84 Å². The average molecular weight is 312 g/mol. The Bertz CT molecular complexity index is 504. The highest BCUT2D eigenvalue weighted by Gasteiger charge is 2.35. The van der Waals surface area contributed by atoms with Crippen LogP contribution in [0.15, 0.2) is 30.3 Å². The molecule has 1 aromatic carbocycles. The second-order valence-electron chi connectivity index (χ2n) is 5.62. The summed E-state index contributed by atoms with van der Waals surface area (Å²) < 4.78 is 23.1. The zero-order valence-electron chi connectivity index (χ0n) is 13.4. The first-order valence-corrected chi connectivity index (χ1v) is 9.68. The first-order chi connectivity index (χ1) is 9.91. The van der Waals surface area contributed by atoms with Gasteiger partial charge in [0.25, 0.3) is 0 Å². The molecule has 0 heterocycles. The summed E-state index contributed by atoms with van der Waals surface area (Å²) in [7, 11) is -2.95. The minimum absolute atomic E-state index is 0.166. The normalized spacial score (nSPS) is 14.1. The molecule has 1 N–H and O–H groups in total. The summed E-state index contributed by atoms with van der Waals surface area (Å²) in [4.78, 5) is 0. The highest BCUT2D eigenvalue weighted by molar-refractivity contribution is 7.91. The van der Waals surface area contributed by atoms with Gasteiger partial charge in [-0.15, -0.1) is 0 Å². The molecular weight excluding hydrogens is 284 g/mol. The van der Waals surface area contributed by atoms with Gasteiger partial charge in [0, 0.05) is 11.2 Å². The molecule has 1 aromatic rings. The van der Waals surface area contributed by atoms with E-state index in [0.717, 1.165) is 18.4 Å². The summed E-state index contributed by atoms with van der Waals surface area (Å²) in [6.07, 6.45) is 2.22. The minimum Gasteiger partial charge on any atom is -0.392 e. The number of benzene rings is 1. The highest BCUT2D eigenvalue weighted by Crippen LogP contribution is 2.37. The largest absolute Gasteiger partial charge is 0.392 e. The van der Waals surface area contributed by atoms with Gasteiger partial charge in [0.2, 0.25) is 0 Å². The van der Waals surface area contributed by atoms with Crippen LogP contribution in [0.1, 0.15) is 52.0 Å². The Balaban J connectivity index is 2.82. The number of sulfone groups is 1. The summed E-state index contributed by atoms with van der Waals surface area (Å²) in [5, 5.41) is 10.7. The maximum Gasteiger partial charge on any atom is 0.150 e. The average Bonchev–Trinajstić information content (AvgIpc) is 2.50. The smallest absolute Gasteiger partial charge is 0.150 e. The van der Waals surface area contributed by atoms with Gasteiger partial charge in [-0.2, -0.15) is 0 Å². The second-order valence-corrected chi connectivity index (χ2v) is 8.10. The van der Waals surface area contributed by atoms with E-state index >= 15 is 0 Å². The fourth-order valence-electron chi connectivity index (χ4n) is 3.01. The zero-order valence-corrected chi connectivity index (χ0v) is 14.2.